The fraction of sp³-hybridized carbons (Fsp3) is 0.429. The van der Waals surface area contributed by atoms with Gasteiger partial charge in [0, 0.05) is 12.0 Å². The first-order chi connectivity index (χ1) is 8.45. The molecular formula is C14H19NO3. The largest absolute Gasteiger partial charge is 0.481 e. The first-order valence-electron chi connectivity index (χ1n) is 5.96. The number of carboxylic acid groups (broad SMARTS) is 1. The van der Waals surface area contributed by atoms with Crippen LogP contribution < -0.4 is 5.32 Å². The van der Waals surface area contributed by atoms with E-state index in [4.69, 9.17) is 5.11 Å². The SMILES string of the molecule is CNC(CCC(=O)O)C(=O)c1ccc(C)cc1C. The molecule has 18 heavy (non-hydrogen) atoms. The molecule has 1 rings (SSSR count). The summed E-state index contributed by atoms with van der Waals surface area (Å²) in [7, 11) is 1.67. The molecular weight excluding hydrogens is 230 g/mol. The van der Waals surface area contributed by atoms with Crippen LogP contribution in [0, 0.1) is 13.8 Å². The molecule has 2 N–H and O–H groups in total. The molecule has 0 aromatic heterocycles. The minimum Gasteiger partial charge on any atom is -0.481 e. The molecule has 0 aliphatic carbocycles. The molecule has 0 aliphatic heterocycles. The Morgan fingerprint density at radius 1 is 1.33 bits per heavy atom. The van der Waals surface area contributed by atoms with Gasteiger partial charge in [-0.15, -0.1) is 0 Å². The van der Waals surface area contributed by atoms with E-state index in [-0.39, 0.29) is 12.2 Å². The van der Waals surface area contributed by atoms with Crippen molar-refractivity contribution in [1.82, 2.24) is 5.32 Å². The van der Waals surface area contributed by atoms with Crippen LogP contribution in [0.5, 0.6) is 0 Å². The van der Waals surface area contributed by atoms with Crippen LogP contribution in [0.3, 0.4) is 0 Å². The van der Waals surface area contributed by atoms with E-state index < -0.39 is 12.0 Å². The van der Waals surface area contributed by atoms with Crippen molar-refractivity contribution in [2.24, 2.45) is 0 Å². The maximum atomic E-state index is 12.3. The van der Waals surface area contributed by atoms with E-state index in [0.29, 0.717) is 12.0 Å². The van der Waals surface area contributed by atoms with Gasteiger partial charge in [0.05, 0.1) is 6.04 Å². The second-order valence-corrected chi connectivity index (χ2v) is 4.46. The summed E-state index contributed by atoms with van der Waals surface area (Å²) >= 11 is 0. The maximum absolute atomic E-state index is 12.3. The van der Waals surface area contributed by atoms with E-state index in [0.717, 1.165) is 11.1 Å². The van der Waals surface area contributed by atoms with Crippen LogP contribution in [-0.2, 0) is 4.79 Å². The molecule has 1 aromatic carbocycles. The third-order valence-corrected chi connectivity index (χ3v) is 2.96. The Hall–Kier alpha value is -1.68. The molecule has 0 saturated carbocycles. The van der Waals surface area contributed by atoms with Gasteiger partial charge in [-0.25, -0.2) is 0 Å². The monoisotopic (exact) mass is 249 g/mol. The van der Waals surface area contributed by atoms with Crippen molar-refractivity contribution >= 4 is 11.8 Å². The Labute approximate surface area is 107 Å². The molecule has 0 aliphatic rings. The minimum atomic E-state index is -0.885. The van der Waals surface area contributed by atoms with Crippen molar-refractivity contribution in [3.05, 3.63) is 34.9 Å². The fourth-order valence-electron chi connectivity index (χ4n) is 1.95. The number of Topliss-reactive ketones (excluding diaryl/α,β-unsaturated/α-hetero) is 1. The third-order valence-electron chi connectivity index (χ3n) is 2.96. The van der Waals surface area contributed by atoms with Crippen molar-refractivity contribution in [3.63, 3.8) is 0 Å². The Morgan fingerprint density at radius 2 is 2.00 bits per heavy atom. The van der Waals surface area contributed by atoms with Gasteiger partial charge in [0.1, 0.15) is 0 Å². The first-order valence-corrected chi connectivity index (χ1v) is 5.96. The van der Waals surface area contributed by atoms with Crippen molar-refractivity contribution in [1.29, 1.82) is 0 Å². The topological polar surface area (TPSA) is 66.4 Å². The van der Waals surface area contributed by atoms with Gasteiger partial charge in [0.25, 0.3) is 0 Å². The summed E-state index contributed by atoms with van der Waals surface area (Å²) in [5, 5.41) is 11.5. The van der Waals surface area contributed by atoms with E-state index in [9.17, 15) is 9.59 Å². The molecule has 0 fully saturated rings. The average molecular weight is 249 g/mol. The van der Waals surface area contributed by atoms with Gasteiger partial charge in [0.2, 0.25) is 0 Å². The van der Waals surface area contributed by atoms with Gasteiger partial charge in [-0.2, -0.15) is 0 Å². The Morgan fingerprint density at radius 3 is 2.50 bits per heavy atom. The summed E-state index contributed by atoms with van der Waals surface area (Å²) in [5.41, 5.74) is 2.69. The molecule has 1 atom stereocenters. The van der Waals surface area contributed by atoms with Gasteiger partial charge in [-0.1, -0.05) is 23.8 Å². The summed E-state index contributed by atoms with van der Waals surface area (Å²) in [6.07, 6.45) is 0.292. The predicted octanol–water partition coefficient (Wildman–Crippen LogP) is 1.94. The van der Waals surface area contributed by atoms with Gasteiger partial charge >= 0.3 is 5.97 Å². The summed E-state index contributed by atoms with van der Waals surface area (Å²) in [4.78, 5) is 22.8. The molecule has 0 spiro atoms. The van der Waals surface area contributed by atoms with Crippen molar-refractivity contribution in [3.8, 4) is 0 Å². The maximum Gasteiger partial charge on any atom is 0.303 e. The fourth-order valence-corrected chi connectivity index (χ4v) is 1.95. The summed E-state index contributed by atoms with van der Waals surface area (Å²) in [6, 6.07) is 5.21. The molecule has 0 radical (unpaired) electrons. The average Bonchev–Trinajstić information content (AvgIpc) is 2.29. The normalized spacial score (nSPS) is 12.2. The number of likely N-dealkylation sites (N-methyl/N-ethyl adjacent to an activating group) is 1. The quantitative estimate of drug-likeness (QED) is 0.756. The molecule has 0 saturated heterocycles. The number of hydrogen-bond acceptors (Lipinski definition) is 3. The van der Waals surface area contributed by atoms with Crippen LogP contribution >= 0.6 is 0 Å². The van der Waals surface area contributed by atoms with Crippen molar-refractivity contribution in [2.75, 3.05) is 7.05 Å². The van der Waals surface area contributed by atoms with E-state index >= 15 is 0 Å². The Bertz CT molecular complexity index is 454. The van der Waals surface area contributed by atoms with Crippen LogP contribution in [-0.4, -0.2) is 29.9 Å². The van der Waals surface area contributed by atoms with Gasteiger partial charge in [-0.3, -0.25) is 9.59 Å². The van der Waals surface area contributed by atoms with E-state index in [1.807, 2.05) is 26.0 Å². The Balaban J connectivity index is 2.86. The summed E-state index contributed by atoms with van der Waals surface area (Å²) in [5.74, 6) is -0.931. The molecule has 1 aromatic rings. The lowest BCUT2D eigenvalue weighted by molar-refractivity contribution is -0.137. The molecule has 0 amide bonds. The lowest BCUT2D eigenvalue weighted by Gasteiger charge is -2.15. The number of aryl methyl sites for hydroxylation is 2. The highest BCUT2D eigenvalue weighted by Crippen LogP contribution is 2.14. The number of nitrogens with one attached hydrogen (secondary N) is 1. The highest BCUT2D eigenvalue weighted by molar-refractivity contribution is 6.01. The van der Waals surface area contributed by atoms with Crippen LogP contribution in [0.1, 0.15) is 34.3 Å². The number of ketones is 1. The number of aliphatic carboxylic acids is 1. The summed E-state index contributed by atoms with van der Waals surface area (Å²) < 4.78 is 0. The molecule has 0 heterocycles. The number of carbonyl (C=O) groups is 2. The zero-order valence-electron chi connectivity index (χ0n) is 11.0. The molecule has 98 valence electrons. The number of hydrogen-bond donors (Lipinski definition) is 2. The lowest BCUT2D eigenvalue weighted by atomic mass is 9.95. The number of rotatable bonds is 6. The van der Waals surface area contributed by atoms with Crippen LogP contribution in [0.25, 0.3) is 0 Å². The van der Waals surface area contributed by atoms with E-state index in [1.54, 1.807) is 13.1 Å². The van der Waals surface area contributed by atoms with E-state index in [1.165, 1.54) is 0 Å². The second-order valence-electron chi connectivity index (χ2n) is 4.46. The van der Waals surface area contributed by atoms with Gasteiger partial charge in [-0.05, 0) is 32.9 Å². The zero-order chi connectivity index (χ0) is 13.7. The highest BCUT2D eigenvalue weighted by atomic mass is 16.4. The van der Waals surface area contributed by atoms with E-state index in [2.05, 4.69) is 5.32 Å². The molecule has 4 nitrogen and oxygen atoms in total. The zero-order valence-corrected chi connectivity index (χ0v) is 11.0. The second kappa shape index (κ2) is 6.31. The van der Waals surface area contributed by atoms with Crippen LogP contribution in [0.4, 0.5) is 0 Å². The lowest BCUT2D eigenvalue weighted by Crippen LogP contribution is -2.35. The van der Waals surface area contributed by atoms with Crippen LogP contribution in [0.15, 0.2) is 18.2 Å². The van der Waals surface area contributed by atoms with Gasteiger partial charge in [0.15, 0.2) is 5.78 Å². The summed E-state index contributed by atoms with van der Waals surface area (Å²) in [6.45, 7) is 3.87. The number of carbonyl (C=O) groups excluding carboxylic acids is 1. The third kappa shape index (κ3) is 3.67. The highest BCUT2D eigenvalue weighted by Gasteiger charge is 2.20. The standard InChI is InChI=1S/C14H19NO3/c1-9-4-5-11(10(2)8-9)14(18)12(15-3)6-7-13(16)17/h4-5,8,12,15H,6-7H2,1-3H3,(H,16,17). The smallest absolute Gasteiger partial charge is 0.303 e. The first kappa shape index (κ1) is 14.4. The molecule has 1 unspecified atom stereocenters. The van der Waals surface area contributed by atoms with Crippen molar-refractivity contribution < 1.29 is 14.7 Å². The Kier molecular flexibility index (Phi) is 5.04. The predicted molar refractivity (Wildman–Crippen MR) is 70.0 cm³/mol. The number of carboxylic acids is 1. The van der Waals surface area contributed by atoms with Crippen molar-refractivity contribution in [2.45, 2.75) is 32.7 Å². The van der Waals surface area contributed by atoms with Crippen LogP contribution in [0.2, 0.25) is 0 Å². The molecule has 0 bridgehead atoms. The number of benzene rings is 1. The minimum absolute atomic E-state index is 0.0118. The molecule has 4 heteroatoms. The van der Waals surface area contributed by atoms with Gasteiger partial charge < -0.3 is 10.4 Å².